The van der Waals surface area contributed by atoms with Crippen LogP contribution in [0.5, 0.6) is 0 Å². The van der Waals surface area contributed by atoms with Crippen molar-refractivity contribution in [1.29, 1.82) is 0 Å². The van der Waals surface area contributed by atoms with Crippen molar-refractivity contribution >= 4 is 17.4 Å². The van der Waals surface area contributed by atoms with E-state index >= 15 is 0 Å². The number of nitrogens with two attached hydrogens (primary N) is 1. The lowest BCUT2D eigenvalue weighted by Crippen LogP contribution is -2.03. The fraction of sp³-hybridized carbons (Fsp3) is 0.500. The monoisotopic (exact) mass is 185 g/mol. The molecule has 3 nitrogen and oxygen atoms in total. The summed E-state index contributed by atoms with van der Waals surface area (Å²) in [6.45, 7) is 4.13. The maximum atomic E-state index is 5.87. The van der Waals surface area contributed by atoms with E-state index in [1.54, 1.807) is 0 Å². The summed E-state index contributed by atoms with van der Waals surface area (Å²) in [5, 5.41) is 0.469. The van der Waals surface area contributed by atoms with Crippen LogP contribution in [0.4, 0.5) is 5.82 Å². The van der Waals surface area contributed by atoms with E-state index in [1.807, 2.05) is 0 Å². The van der Waals surface area contributed by atoms with Crippen LogP contribution in [0, 0.1) is 0 Å². The van der Waals surface area contributed by atoms with Crippen LogP contribution >= 0.6 is 11.6 Å². The van der Waals surface area contributed by atoms with Crippen molar-refractivity contribution in [2.24, 2.45) is 0 Å². The Bertz CT molecular complexity index is 255. The molecule has 66 valence electrons. The zero-order chi connectivity index (χ0) is 9.14. The first-order valence-electron chi connectivity index (χ1n) is 3.92. The van der Waals surface area contributed by atoms with Crippen molar-refractivity contribution in [3.8, 4) is 0 Å². The number of halogens is 1. The number of hydrogen-bond acceptors (Lipinski definition) is 3. The molecule has 1 atom stereocenters. The van der Waals surface area contributed by atoms with Crippen LogP contribution in [0.15, 0.2) is 6.33 Å². The first-order chi connectivity index (χ1) is 5.66. The van der Waals surface area contributed by atoms with E-state index in [0.29, 0.717) is 16.9 Å². The minimum atomic E-state index is 0.318. The molecule has 0 fully saturated rings. The normalized spacial score (nSPS) is 12.9. The van der Waals surface area contributed by atoms with E-state index in [9.17, 15) is 0 Å². The number of nitrogen functional groups attached to an aromatic ring is 1. The second kappa shape index (κ2) is 3.72. The molecule has 1 heterocycles. The van der Waals surface area contributed by atoms with E-state index in [2.05, 4.69) is 23.8 Å². The zero-order valence-electron chi connectivity index (χ0n) is 7.21. The summed E-state index contributed by atoms with van der Waals surface area (Å²) in [5.41, 5.74) is 6.52. The van der Waals surface area contributed by atoms with Gasteiger partial charge in [0.05, 0.1) is 0 Å². The summed E-state index contributed by atoms with van der Waals surface area (Å²) in [6.07, 6.45) is 2.36. The Kier molecular flexibility index (Phi) is 2.87. The molecule has 0 spiro atoms. The maximum absolute atomic E-state index is 5.87. The number of aromatic nitrogens is 2. The summed E-state index contributed by atoms with van der Waals surface area (Å²) < 4.78 is 0. The molecule has 2 N–H and O–H groups in total. The smallest absolute Gasteiger partial charge is 0.138 e. The SMILES string of the molecule is CC[C@@H](C)c1c(N)ncnc1Cl. The van der Waals surface area contributed by atoms with E-state index < -0.39 is 0 Å². The molecule has 0 unspecified atom stereocenters. The van der Waals surface area contributed by atoms with Crippen molar-refractivity contribution in [1.82, 2.24) is 9.97 Å². The fourth-order valence-electron chi connectivity index (χ4n) is 1.05. The highest BCUT2D eigenvalue weighted by Crippen LogP contribution is 2.28. The second-order valence-corrected chi connectivity index (χ2v) is 3.13. The van der Waals surface area contributed by atoms with Crippen LogP contribution in [0.25, 0.3) is 0 Å². The van der Waals surface area contributed by atoms with Gasteiger partial charge in [-0.1, -0.05) is 25.4 Å². The van der Waals surface area contributed by atoms with Gasteiger partial charge in [-0.2, -0.15) is 0 Å². The summed E-state index contributed by atoms with van der Waals surface area (Å²) in [5.74, 6) is 0.808. The molecule has 0 saturated heterocycles. The van der Waals surface area contributed by atoms with Crippen molar-refractivity contribution in [2.75, 3.05) is 5.73 Å². The average molecular weight is 186 g/mol. The van der Waals surface area contributed by atoms with Gasteiger partial charge < -0.3 is 5.73 Å². The molecule has 1 rings (SSSR count). The molecule has 0 aliphatic carbocycles. The minimum Gasteiger partial charge on any atom is -0.383 e. The van der Waals surface area contributed by atoms with Crippen LogP contribution in [0.1, 0.15) is 31.7 Å². The van der Waals surface area contributed by atoms with Gasteiger partial charge >= 0.3 is 0 Å². The summed E-state index contributed by atoms with van der Waals surface area (Å²) in [6, 6.07) is 0. The maximum Gasteiger partial charge on any atom is 0.138 e. The Morgan fingerprint density at radius 3 is 2.75 bits per heavy atom. The first-order valence-corrected chi connectivity index (χ1v) is 4.30. The van der Waals surface area contributed by atoms with Gasteiger partial charge in [-0.25, -0.2) is 9.97 Å². The van der Waals surface area contributed by atoms with E-state index in [4.69, 9.17) is 17.3 Å². The van der Waals surface area contributed by atoms with Crippen molar-refractivity contribution in [2.45, 2.75) is 26.2 Å². The van der Waals surface area contributed by atoms with Crippen LogP contribution in [-0.4, -0.2) is 9.97 Å². The lowest BCUT2D eigenvalue weighted by Gasteiger charge is -2.11. The molecule has 12 heavy (non-hydrogen) atoms. The fourth-order valence-corrected chi connectivity index (χ4v) is 1.37. The first kappa shape index (κ1) is 9.26. The summed E-state index contributed by atoms with van der Waals surface area (Å²) in [4.78, 5) is 7.77. The molecule has 0 aliphatic rings. The molecule has 0 radical (unpaired) electrons. The van der Waals surface area contributed by atoms with Crippen LogP contribution in [-0.2, 0) is 0 Å². The third kappa shape index (κ3) is 1.67. The third-order valence-electron chi connectivity index (χ3n) is 1.97. The molecule has 0 aromatic carbocycles. The van der Waals surface area contributed by atoms with Crippen LogP contribution < -0.4 is 5.73 Å². The van der Waals surface area contributed by atoms with Gasteiger partial charge in [-0.3, -0.25) is 0 Å². The van der Waals surface area contributed by atoms with E-state index in [0.717, 1.165) is 12.0 Å². The van der Waals surface area contributed by atoms with Gasteiger partial charge in [0, 0.05) is 5.56 Å². The molecule has 0 saturated carbocycles. The predicted molar refractivity (Wildman–Crippen MR) is 50.2 cm³/mol. The third-order valence-corrected chi connectivity index (χ3v) is 2.27. The highest BCUT2D eigenvalue weighted by atomic mass is 35.5. The number of anilines is 1. The second-order valence-electron chi connectivity index (χ2n) is 2.77. The predicted octanol–water partition coefficient (Wildman–Crippen LogP) is 2.23. The van der Waals surface area contributed by atoms with Crippen molar-refractivity contribution in [3.05, 3.63) is 17.0 Å². The highest BCUT2D eigenvalue weighted by molar-refractivity contribution is 6.30. The standard InChI is InChI=1S/C8H12ClN3/c1-3-5(2)6-7(9)11-4-12-8(6)10/h4-5H,3H2,1-2H3,(H2,10,11,12)/t5-/m1/s1. The van der Waals surface area contributed by atoms with Gasteiger partial charge in [0.2, 0.25) is 0 Å². The average Bonchev–Trinajstić information content (AvgIpc) is 2.03. The van der Waals surface area contributed by atoms with Gasteiger partial charge in [-0.15, -0.1) is 0 Å². The van der Waals surface area contributed by atoms with Crippen LogP contribution in [0.2, 0.25) is 5.15 Å². The molecule has 4 heteroatoms. The Labute approximate surface area is 77.0 Å². The molecule has 1 aromatic rings. The van der Waals surface area contributed by atoms with Gasteiger partial charge in [0.25, 0.3) is 0 Å². The lowest BCUT2D eigenvalue weighted by molar-refractivity contribution is 0.728. The molecular weight excluding hydrogens is 174 g/mol. The lowest BCUT2D eigenvalue weighted by atomic mass is 10.0. The van der Waals surface area contributed by atoms with E-state index in [-0.39, 0.29) is 0 Å². The summed E-state index contributed by atoms with van der Waals surface area (Å²) >= 11 is 5.87. The van der Waals surface area contributed by atoms with Gasteiger partial charge in [0.15, 0.2) is 0 Å². The molecular formula is C8H12ClN3. The number of nitrogens with zero attached hydrogens (tertiary/aromatic N) is 2. The Balaban J connectivity index is 3.12. The number of rotatable bonds is 2. The van der Waals surface area contributed by atoms with E-state index in [1.165, 1.54) is 6.33 Å². The van der Waals surface area contributed by atoms with Crippen molar-refractivity contribution < 1.29 is 0 Å². The Hall–Kier alpha value is -0.830. The molecule has 0 bridgehead atoms. The quantitative estimate of drug-likeness (QED) is 0.719. The zero-order valence-corrected chi connectivity index (χ0v) is 7.97. The Morgan fingerprint density at radius 1 is 1.58 bits per heavy atom. The largest absolute Gasteiger partial charge is 0.383 e. The van der Waals surface area contributed by atoms with Gasteiger partial charge in [-0.05, 0) is 12.3 Å². The topological polar surface area (TPSA) is 51.8 Å². The van der Waals surface area contributed by atoms with Crippen LogP contribution in [0.3, 0.4) is 0 Å². The van der Waals surface area contributed by atoms with Crippen molar-refractivity contribution in [3.63, 3.8) is 0 Å². The highest BCUT2D eigenvalue weighted by Gasteiger charge is 2.12. The molecule has 1 aromatic heterocycles. The minimum absolute atomic E-state index is 0.318. The van der Waals surface area contributed by atoms with Gasteiger partial charge in [0.1, 0.15) is 17.3 Å². The molecule has 0 aliphatic heterocycles. The number of hydrogen-bond donors (Lipinski definition) is 1. The Morgan fingerprint density at radius 2 is 2.25 bits per heavy atom. The molecule has 0 amide bonds. The summed E-state index contributed by atoms with van der Waals surface area (Å²) in [7, 11) is 0.